The largest absolute Gasteiger partial charge is 0.377 e. The molecular weight excluding hydrogens is 298 g/mol. The molecule has 6 heteroatoms. The highest BCUT2D eigenvalue weighted by atomic mass is 32.2. The van der Waals surface area contributed by atoms with Gasteiger partial charge in [-0.1, -0.05) is 13.8 Å². The molecule has 0 aromatic rings. The standard InChI is InChI=1S/C16H31N3O2S/c1-13(2)16(20)17-14-10-15(11-14)21-9-8-18-4-6-19(7-5-18)12-22-3/h13-15H,4-12H2,1-3H3,(H,17,20). The summed E-state index contributed by atoms with van der Waals surface area (Å²) in [4.78, 5) is 16.6. The van der Waals surface area contributed by atoms with E-state index >= 15 is 0 Å². The first kappa shape index (κ1) is 18.0. The molecule has 5 nitrogen and oxygen atoms in total. The van der Waals surface area contributed by atoms with Crippen LogP contribution in [0.4, 0.5) is 0 Å². The Balaban J connectivity index is 1.48. The van der Waals surface area contributed by atoms with Crippen LogP contribution < -0.4 is 5.32 Å². The van der Waals surface area contributed by atoms with E-state index in [0.717, 1.165) is 45.0 Å². The summed E-state index contributed by atoms with van der Waals surface area (Å²) in [6.45, 7) is 10.4. The molecule has 1 heterocycles. The van der Waals surface area contributed by atoms with Crippen molar-refractivity contribution in [3.05, 3.63) is 0 Å². The number of thioether (sulfide) groups is 1. The fraction of sp³-hybridized carbons (Fsp3) is 0.938. The van der Waals surface area contributed by atoms with Crippen molar-refractivity contribution in [2.45, 2.75) is 38.8 Å². The Hall–Kier alpha value is -0.300. The normalized spacial score (nSPS) is 26.9. The summed E-state index contributed by atoms with van der Waals surface area (Å²) in [5.74, 6) is 1.38. The summed E-state index contributed by atoms with van der Waals surface area (Å²) >= 11 is 1.90. The van der Waals surface area contributed by atoms with Crippen LogP contribution in [0.2, 0.25) is 0 Å². The van der Waals surface area contributed by atoms with Crippen LogP contribution in [0.25, 0.3) is 0 Å². The Morgan fingerprint density at radius 3 is 2.45 bits per heavy atom. The highest BCUT2D eigenvalue weighted by Crippen LogP contribution is 2.23. The molecule has 0 spiro atoms. The van der Waals surface area contributed by atoms with E-state index in [-0.39, 0.29) is 11.8 Å². The van der Waals surface area contributed by atoms with E-state index in [4.69, 9.17) is 4.74 Å². The van der Waals surface area contributed by atoms with Gasteiger partial charge >= 0.3 is 0 Å². The molecule has 0 radical (unpaired) electrons. The van der Waals surface area contributed by atoms with Gasteiger partial charge in [0.1, 0.15) is 0 Å². The third kappa shape index (κ3) is 5.72. The first-order valence-corrected chi connectivity index (χ1v) is 9.83. The summed E-state index contributed by atoms with van der Waals surface area (Å²) in [6, 6.07) is 0.329. The van der Waals surface area contributed by atoms with E-state index in [1.165, 1.54) is 13.1 Å². The van der Waals surface area contributed by atoms with Crippen molar-refractivity contribution in [1.29, 1.82) is 0 Å². The van der Waals surface area contributed by atoms with E-state index < -0.39 is 0 Å². The van der Waals surface area contributed by atoms with Gasteiger partial charge in [0.25, 0.3) is 0 Å². The maximum Gasteiger partial charge on any atom is 0.222 e. The molecule has 1 N–H and O–H groups in total. The molecule has 0 bridgehead atoms. The lowest BCUT2D eigenvalue weighted by Gasteiger charge is -2.37. The van der Waals surface area contributed by atoms with Crippen molar-refractivity contribution in [2.75, 3.05) is 51.5 Å². The van der Waals surface area contributed by atoms with Gasteiger partial charge in [-0.25, -0.2) is 0 Å². The maximum absolute atomic E-state index is 11.6. The summed E-state index contributed by atoms with van der Waals surface area (Å²) in [7, 11) is 0. The van der Waals surface area contributed by atoms with Gasteiger partial charge in [-0.15, -0.1) is 11.8 Å². The molecule has 2 fully saturated rings. The summed E-state index contributed by atoms with van der Waals surface area (Å²) in [6.07, 6.45) is 4.45. The van der Waals surface area contributed by atoms with Gasteiger partial charge in [-0.3, -0.25) is 14.6 Å². The van der Waals surface area contributed by atoms with Crippen molar-refractivity contribution < 1.29 is 9.53 Å². The second kappa shape index (κ2) is 9.11. The van der Waals surface area contributed by atoms with Crippen molar-refractivity contribution >= 4 is 17.7 Å². The van der Waals surface area contributed by atoms with E-state index in [1.807, 2.05) is 25.6 Å². The summed E-state index contributed by atoms with van der Waals surface area (Å²) < 4.78 is 5.92. The van der Waals surface area contributed by atoms with E-state index in [9.17, 15) is 4.79 Å². The number of rotatable bonds is 8. The summed E-state index contributed by atoms with van der Waals surface area (Å²) in [5.41, 5.74) is 0. The molecule has 2 aliphatic rings. The fourth-order valence-electron chi connectivity index (χ4n) is 2.86. The Labute approximate surface area is 139 Å². The van der Waals surface area contributed by atoms with Gasteiger partial charge in [0.15, 0.2) is 0 Å². The third-order valence-corrected chi connectivity index (χ3v) is 5.13. The molecule has 0 atom stereocenters. The maximum atomic E-state index is 11.6. The topological polar surface area (TPSA) is 44.8 Å². The summed E-state index contributed by atoms with van der Waals surface area (Å²) in [5, 5.41) is 3.07. The number of carbonyl (C=O) groups is 1. The van der Waals surface area contributed by atoms with Crippen LogP contribution in [-0.4, -0.2) is 79.3 Å². The molecule has 1 saturated heterocycles. The van der Waals surface area contributed by atoms with Crippen LogP contribution in [0.15, 0.2) is 0 Å². The zero-order valence-electron chi connectivity index (χ0n) is 14.2. The minimum Gasteiger partial charge on any atom is -0.377 e. The molecule has 1 saturated carbocycles. The second-order valence-corrected chi connectivity index (χ2v) is 7.54. The lowest BCUT2D eigenvalue weighted by molar-refractivity contribution is -0.126. The molecular formula is C16H31N3O2S. The lowest BCUT2D eigenvalue weighted by Crippen LogP contribution is -2.50. The number of piperazine rings is 1. The van der Waals surface area contributed by atoms with Crippen molar-refractivity contribution in [3.8, 4) is 0 Å². The Morgan fingerprint density at radius 2 is 1.86 bits per heavy atom. The average Bonchev–Trinajstić information content (AvgIpc) is 2.46. The molecule has 1 aliphatic carbocycles. The van der Waals surface area contributed by atoms with Gasteiger partial charge < -0.3 is 10.1 Å². The molecule has 1 amide bonds. The number of nitrogens with one attached hydrogen (secondary N) is 1. The minimum absolute atomic E-state index is 0.0738. The van der Waals surface area contributed by atoms with Crippen molar-refractivity contribution in [2.24, 2.45) is 5.92 Å². The smallest absolute Gasteiger partial charge is 0.222 e. The third-order valence-electron chi connectivity index (χ3n) is 4.50. The van der Waals surface area contributed by atoms with E-state index in [2.05, 4.69) is 21.4 Å². The van der Waals surface area contributed by atoms with Gasteiger partial charge in [-0.2, -0.15) is 0 Å². The van der Waals surface area contributed by atoms with Gasteiger partial charge in [-0.05, 0) is 19.1 Å². The number of amides is 1. The Morgan fingerprint density at radius 1 is 1.23 bits per heavy atom. The number of hydrogen-bond acceptors (Lipinski definition) is 5. The van der Waals surface area contributed by atoms with E-state index in [0.29, 0.717) is 12.1 Å². The molecule has 0 unspecified atom stereocenters. The molecule has 128 valence electrons. The van der Waals surface area contributed by atoms with Crippen LogP contribution in [0.3, 0.4) is 0 Å². The average molecular weight is 330 g/mol. The molecule has 0 aromatic heterocycles. The molecule has 0 aromatic carbocycles. The van der Waals surface area contributed by atoms with Crippen LogP contribution in [0.5, 0.6) is 0 Å². The first-order valence-electron chi connectivity index (χ1n) is 8.44. The van der Waals surface area contributed by atoms with Gasteiger partial charge in [0.05, 0.1) is 12.7 Å². The fourth-order valence-corrected chi connectivity index (χ4v) is 3.48. The van der Waals surface area contributed by atoms with Crippen LogP contribution >= 0.6 is 11.8 Å². The van der Waals surface area contributed by atoms with Crippen molar-refractivity contribution in [3.63, 3.8) is 0 Å². The van der Waals surface area contributed by atoms with Gasteiger partial charge in [0, 0.05) is 50.6 Å². The quantitative estimate of drug-likeness (QED) is 0.726. The lowest BCUT2D eigenvalue weighted by atomic mass is 9.89. The van der Waals surface area contributed by atoms with E-state index in [1.54, 1.807) is 0 Å². The predicted molar refractivity (Wildman–Crippen MR) is 92.1 cm³/mol. The number of carbonyl (C=O) groups excluding carboxylic acids is 1. The minimum atomic E-state index is 0.0738. The Kier molecular flexibility index (Phi) is 7.47. The number of hydrogen-bond donors (Lipinski definition) is 1. The highest BCUT2D eigenvalue weighted by molar-refractivity contribution is 7.98. The predicted octanol–water partition coefficient (Wildman–Crippen LogP) is 1.24. The second-order valence-electron chi connectivity index (χ2n) is 6.70. The zero-order valence-corrected chi connectivity index (χ0v) is 15.0. The number of ether oxygens (including phenoxy) is 1. The monoisotopic (exact) mass is 329 g/mol. The van der Waals surface area contributed by atoms with Crippen LogP contribution in [0, 0.1) is 5.92 Å². The van der Waals surface area contributed by atoms with Gasteiger partial charge in [0.2, 0.25) is 5.91 Å². The Bertz CT molecular complexity index is 340. The highest BCUT2D eigenvalue weighted by Gasteiger charge is 2.31. The van der Waals surface area contributed by atoms with Crippen LogP contribution in [0.1, 0.15) is 26.7 Å². The van der Waals surface area contributed by atoms with Crippen molar-refractivity contribution in [1.82, 2.24) is 15.1 Å². The van der Waals surface area contributed by atoms with Crippen LogP contribution in [-0.2, 0) is 9.53 Å². The first-order chi connectivity index (χ1) is 10.6. The molecule has 1 aliphatic heterocycles. The molecule has 2 rings (SSSR count). The molecule has 22 heavy (non-hydrogen) atoms. The number of nitrogens with zero attached hydrogens (tertiary/aromatic N) is 2. The zero-order chi connectivity index (χ0) is 15.9. The SMILES string of the molecule is CSCN1CCN(CCOC2CC(NC(=O)C(C)C)C2)CC1.